The first-order valence-electron chi connectivity index (χ1n) is 9.50. The highest BCUT2D eigenvalue weighted by molar-refractivity contribution is 6.16. The van der Waals surface area contributed by atoms with Crippen LogP contribution in [0.25, 0.3) is 11.8 Å². The third-order valence-corrected chi connectivity index (χ3v) is 5.28. The number of benzene rings is 1. The summed E-state index contributed by atoms with van der Waals surface area (Å²) in [6.07, 6.45) is 3.43. The lowest BCUT2D eigenvalue weighted by atomic mass is 10.0. The first-order valence-corrected chi connectivity index (χ1v) is 9.50. The van der Waals surface area contributed by atoms with Crippen LogP contribution < -0.4 is 0 Å². The van der Waals surface area contributed by atoms with Crippen LogP contribution in [0.2, 0.25) is 0 Å². The zero-order valence-corrected chi connectivity index (χ0v) is 17.6. The molecule has 2 heterocycles. The lowest BCUT2D eigenvalue weighted by Crippen LogP contribution is -2.25. The standard InChI is InChI=1S/C24H26N2O3/c1-7-12-25-18(5)22(24(28)29-6)21(23(25)27)14-19-13-16(3)26(17(19)4)20-10-8-15(2)9-11-20/h7-11,13-14H,1,12H2,2-6H3/b21-14+. The van der Waals surface area contributed by atoms with Gasteiger partial charge < -0.3 is 14.2 Å². The van der Waals surface area contributed by atoms with E-state index in [1.807, 2.05) is 19.9 Å². The highest BCUT2D eigenvalue weighted by Crippen LogP contribution is 2.33. The second-order valence-corrected chi connectivity index (χ2v) is 7.21. The fourth-order valence-electron chi connectivity index (χ4n) is 3.76. The summed E-state index contributed by atoms with van der Waals surface area (Å²) in [4.78, 5) is 27.0. The van der Waals surface area contributed by atoms with E-state index in [2.05, 4.69) is 42.3 Å². The van der Waals surface area contributed by atoms with Crippen LogP contribution in [0.3, 0.4) is 0 Å². The van der Waals surface area contributed by atoms with E-state index in [1.54, 1.807) is 24.0 Å². The van der Waals surface area contributed by atoms with Gasteiger partial charge in [0.25, 0.3) is 5.91 Å². The van der Waals surface area contributed by atoms with E-state index in [1.165, 1.54) is 12.7 Å². The Morgan fingerprint density at radius 1 is 1.14 bits per heavy atom. The molecule has 150 valence electrons. The number of hydrogen-bond donors (Lipinski definition) is 0. The molecule has 1 aromatic heterocycles. The minimum atomic E-state index is -0.513. The maximum atomic E-state index is 13.0. The molecular weight excluding hydrogens is 364 g/mol. The Labute approximate surface area is 171 Å². The predicted molar refractivity (Wildman–Crippen MR) is 115 cm³/mol. The van der Waals surface area contributed by atoms with Crippen LogP contribution in [0.15, 0.2) is 59.8 Å². The summed E-state index contributed by atoms with van der Waals surface area (Å²) in [5, 5.41) is 0. The number of nitrogens with zero attached hydrogens (tertiary/aromatic N) is 2. The van der Waals surface area contributed by atoms with Gasteiger partial charge in [0.05, 0.1) is 18.3 Å². The summed E-state index contributed by atoms with van der Waals surface area (Å²) in [6.45, 7) is 11.9. The molecule has 1 amide bonds. The van der Waals surface area contributed by atoms with Gasteiger partial charge in [-0.15, -0.1) is 6.58 Å². The Balaban J connectivity index is 2.13. The van der Waals surface area contributed by atoms with Crippen molar-refractivity contribution in [2.24, 2.45) is 0 Å². The second kappa shape index (κ2) is 7.95. The van der Waals surface area contributed by atoms with Gasteiger partial charge in [0, 0.05) is 29.3 Å². The highest BCUT2D eigenvalue weighted by atomic mass is 16.5. The van der Waals surface area contributed by atoms with Gasteiger partial charge in [0.2, 0.25) is 0 Å². The molecule has 3 rings (SSSR count). The van der Waals surface area contributed by atoms with Crippen LogP contribution in [-0.4, -0.2) is 35.0 Å². The number of allylic oxidation sites excluding steroid dienone is 1. The molecule has 0 spiro atoms. The number of hydrogen-bond acceptors (Lipinski definition) is 3. The quantitative estimate of drug-likeness (QED) is 0.435. The zero-order valence-electron chi connectivity index (χ0n) is 17.6. The van der Waals surface area contributed by atoms with Crippen LogP contribution in [0, 0.1) is 20.8 Å². The first kappa shape index (κ1) is 20.4. The predicted octanol–water partition coefficient (Wildman–Crippen LogP) is 4.26. The zero-order chi connectivity index (χ0) is 21.3. The van der Waals surface area contributed by atoms with Crippen molar-refractivity contribution in [3.05, 3.63) is 82.3 Å². The molecule has 0 aliphatic carbocycles. The Morgan fingerprint density at radius 2 is 1.79 bits per heavy atom. The normalized spacial score (nSPS) is 15.4. The van der Waals surface area contributed by atoms with E-state index in [0.29, 0.717) is 23.4 Å². The summed E-state index contributed by atoms with van der Waals surface area (Å²) in [5.74, 6) is -0.732. The number of aryl methyl sites for hydroxylation is 2. The van der Waals surface area contributed by atoms with E-state index >= 15 is 0 Å². The molecule has 0 saturated heterocycles. The Hall–Kier alpha value is -3.34. The third kappa shape index (κ3) is 3.56. The van der Waals surface area contributed by atoms with Crippen LogP contribution in [-0.2, 0) is 14.3 Å². The van der Waals surface area contributed by atoms with Crippen molar-refractivity contribution in [3.63, 3.8) is 0 Å². The largest absolute Gasteiger partial charge is 0.465 e. The number of esters is 1. The summed E-state index contributed by atoms with van der Waals surface area (Å²) in [7, 11) is 1.32. The monoisotopic (exact) mass is 390 g/mol. The van der Waals surface area contributed by atoms with Crippen LogP contribution in [0.1, 0.15) is 29.4 Å². The van der Waals surface area contributed by atoms with Gasteiger partial charge in [-0.05, 0) is 57.5 Å². The van der Waals surface area contributed by atoms with Crippen molar-refractivity contribution in [2.75, 3.05) is 13.7 Å². The number of rotatable bonds is 5. The molecule has 2 aromatic rings. The van der Waals surface area contributed by atoms with Crippen molar-refractivity contribution in [1.29, 1.82) is 0 Å². The van der Waals surface area contributed by atoms with Gasteiger partial charge in [-0.25, -0.2) is 4.79 Å². The van der Waals surface area contributed by atoms with E-state index in [0.717, 1.165) is 22.6 Å². The molecular formula is C24H26N2O3. The van der Waals surface area contributed by atoms with Crippen molar-refractivity contribution < 1.29 is 14.3 Å². The number of aromatic nitrogens is 1. The molecule has 0 N–H and O–H groups in total. The Kier molecular flexibility index (Phi) is 5.59. The molecule has 0 fully saturated rings. The lowest BCUT2D eigenvalue weighted by Gasteiger charge is -2.14. The molecule has 0 saturated carbocycles. The average molecular weight is 390 g/mol. The molecule has 0 radical (unpaired) electrons. The van der Waals surface area contributed by atoms with Crippen molar-refractivity contribution in [2.45, 2.75) is 27.7 Å². The van der Waals surface area contributed by atoms with Crippen LogP contribution in [0.4, 0.5) is 0 Å². The maximum Gasteiger partial charge on any atom is 0.340 e. The number of ether oxygens (including phenoxy) is 1. The van der Waals surface area contributed by atoms with Crippen LogP contribution in [0.5, 0.6) is 0 Å². The molecule has 0 unspecified atom stereocenters. The highest BCUT2D eigenvalue weighted by Gasteiger charge is 2.36. The van der Waals surface area contributed by atoms with Crippen molar-refractivity contribution in [3.8, 4) is 5.69 Å². The topological polar surface area (TPSA) is 51.5 Å². The number of amides is 1. The van der Waals surface area contributed by atoms with Gasteiger partial charge in [-0.1, -0.05) is 23.8 Å². The van der Waals surface area contributed by atoms with Gasteiger partial charge in [-0.2, -0.15) is 0 Å². The van der Waals surface area contributed by atoms with E-state index in [4.69, 9.17) is 4.74 Å². The number of methoxy groups -OCH3 is 1. The summed E-state index contributed by atoms with van der Waals surface area (Å²) in [6, 6.07) is 10.3. The van der Waals surface area contributed by atoms with Crippen LogP contribution >= 0.6 is 0 Å². The molecule has 1 aromatic carbocycles. The van der Waals surface area contributed by atoms with E-state index in [9.17, 15) is 9.59 Å². The van der Waals surface area contributed by atoms with E-state index < -0.39 is 5.97 Å². The minimum Gasteiger partial charge on any atom is -0.465 e. The summed E-state index contributed by atoms with van der Waals surface area (Å²) < 4.78 is 7.08. The van der Waals surface area contributed by atoms with Crippen molar-refractivity contribution >= 4 is 18.0 Å². The van der Waals surface area contributed by atoms with Gasteiger partial charge in [0.1, 0.15) is 0 Å². The van der Waals surface area contributed by atoms with Gasteiger partial charge >= 0.3 is 5.97 Å². The number of carbonyl (C=O) groups excluding carboxylic acids is 2. The van der Waals surface area contributed by atoms with Gasteiger partial charge in [0.15, 0.2) is 0 Å². The Bertz CT molecular complexity index is 1050. The summed E-state index contributed by atoms with van der Waals surface area (Å²) >= 11 is 0. The fourth-order valence-corrected chi connectivity index (χ4v) is 3.76. The molecule has 1 aliphatic heterocycles. The molecule has 0 atom stereocenters. The second-order valence-electron chi connectivity index (χ2n) is 7.21. The molecule has 29 heavy (non-hydrogen) atoms. The Morgan fingerprint density at radius 3 is 2.38 bits per heavy atom. The molecule has 1 aliphatic rings. The maximum absolute atomic E-state index is 13.0. The lowest BCUT2D eigenvalue weighted by molar-refractivity contribution is -0.136. The summed E-state index contributed by atoms with van der Waals surface area (Å²) in [5.41, 5.74) is 6.42. The van der Waals surface area contributed by atoms with Crippen molar-refractivity contribution in [1.82, 2.24) is 9.47 Å². The number of carbonyl (C=O) groups is 2. The SMILES string of the molecule is C=CCN1C(=O)/C(=C/c2cc(C)n(-c3ccc(C)cc3)c2C)C(C(=O)OC)=C1C. The smallest absolute Gasteiger partial charge is 0.340 e. The van der Waals surface area contributed by atoms with Gasteiger partial charge in [-0.3, -0.25) is 4.79 Å². The minimum absolute atomic E-state index is 0.220. The fraction of sp³-hybridized carbons (Fsp3) is 0.250. The first-order chi connectivity index (χ1) is 13.8. The molecule has 5 nitrogen and oxygen atoms in total. The third-order valence-electron chi connectivity index (χ3n) is 5.28. The molecule has 5 heteroatoms. The van der Waals surface area contributed by atoms with E-state index in [-0.39, 0.29) is 5.91 Å². The molecule has 0 bridgehead atoms. The average Bonchev–Trinajstić information content (AvgIpc) is 3.10.